The van der Waals surface area contributed by atoms with E-state index in [0.717, 1.165) is 11.8 Å². The van der Waals surface area contributed by atoms with Crippen LogP contribution in [-0.4, -0.2) is 33.3 Å². The zero-order valence-electron chi connectivity index (χ0n) is 16.7. The van der Waals surface area contributed by atoms with Crippen LogP contribution in [0.4, 0.5) is 5.82 Å². The third kappa shape index (κ3) is 4.57. The van der Waals surface area contributed by atoms with Gasteiger partial charge in [-0.3, -0.25) is 14.2 Å². The lowest BCUT2D eigenvalue weighted by molar-refractivity contribution is -0.113. The molecule has 0 fully saturated rings. The van der Waals surface area contributed by atoms with Crippen molar-refractivity contribution in [2.75, 3.05) is 18.2 Å². The molecule has 0 saturated carbocycles. The molecule has 0 bridgehead atoms. The van der Waals surface area contributed by atoms with Gasteiger partial charge in [-0.05, 0) is 30.3 Å². The molecule has 1 N–H and O–H groups in total. The molecule has 0 spiro atoms. The first-order valence-corrected chi connectivity index (χ1v) is 11.1. The van der Waals surface area contributed by atoms with Crippen LogP contribution in [0.15, 0.2) is 70.7 Å². The smallest absolute Gasteiger partial charge is 0.266 e. The van der Waals surface area contributed by atoms with Crippen LogP contribution in [0.2, 0.25) is 10.0 Å². The van der Waals surface area contributed by atoms with E-state index in [1.54, 1.807) is 42.5 Å². The SMILES string of the molecule is COc1ccccc1-n1c(SCC(=O)Nc2ncc(Cl)cc2Cl)nc2ccccc2c1=O. The van der Waals surface area contributed by atoms with Crippen molar-refractivity contribution in [3.8, 4) is 11.4 Å². The number of benzene rings is 2. The molecule has 10 heteroatoms. The van der Waals surface area contributed by atoms with Crippen molar-refractivity contribution in [1.29, 1.82) is 0 Å². The minimum Gasteiger partial charge on any atom is -0.495 e. The molecule has 0 unspecified atom stereocenters. The molecule has 0 aliphatic heterocycles. The van der Waals surface area contributed by atoms with Crippen molar-refractivity contribution >= 4 is 57.6 Å². The number of ether oxygens (including phenoxy) is 1. The van der Waals surface area contributed by atoms with Crippen molar-refractivity contribution in [3.63, 3.8) is 0 Å². The van der Waals surface area contributed by atoms with Gasteiger partial charge in [-0.15, -0.1) is 0 Å². The number of amides is 1. The molecular weight excluding hydrogens is 471 g/mol. The first kappa shape index (κ1) is 22.1. The van der Waals surface area contributed by atoms with Gasteiger partial charge in [0.1, 0.15) is 5.75 Å². The van der Waals surface area contributed by atoms with Crippen molar-refractivity contribution < 1.29 is 9.53 Å². The summed E-state index contributed by atoms with van der Waals surface area (Å²) in [7, 11) is 1.53. The van der Waals surface area contributed by atoms with E-state index in [4.69, 9.17) is 27.9 Å². The van der Waals surface area contributed by atoms with Gasteiger partial charge in [0.25, 0.3) is 5.56 Å². The van der Waals surface area contributed by atoms with Crippen LogP contribution < -0.4 is 15.6 Å². The number of para-hydroxylation sites is 3. The summed E-state index contributed by atoms with van der Waals surface area (Å²) in [6, 6.07) is 15.7. The van der Waals surface area contributed by atoms with Gasteiger partial charge in [-0.25, -0.2) is 9.97 Å². The summed E-state index contributed by atoms with van der Waals surface area (Å²) >= 11 is 13.0. The first-order valence-electron chi connectivity index (χ1n) is 9.37. The van der Waals surface area contributed by atoms with Crippen LogP contribution in [0.5, 0.6) is 5.75 Å². The standard InChI is InChI=1S/C22H16Cl2N4O3S/c1-31-18-9-5-4-8-17(18)28-21(30)14-6-2-3-7-16(14)26-22(28)32-12-19(29)27-20-15(24)10-13(23)11-25-20/h2-11H,12H2,1H3,(H,25,27,29). The summed E-state index contributed by atoms with van der Waals surface area (Å²) in [6.45, 7) is 0. The number of carbonyl (C=O) groups is 1. The number of halogens is 2. The van der Waals surface area contributed by atoms with Gasteiger partial charge in [0.2, 0.25) is 5.91 Å². The Kier molecular flexibility index (Phi) is 6.64. The molecule has 7 nitrogen and oxygen atoms in total. The molecule has 2 heterocycles. The molecule has 0 aliphatic carbocycles. The predicted octanol–water partition coefficient (Wildman–Crippen LogP) is 4.83. The number of pyridine rings is 1. The number of thioether (sulfide) groups is 1. The predicted molar refractivity (Wildman–Crippen MR) is 128 cm³/mol. The van der Waals surface area contributed by atoms with E-state index in [2.05, 4.69) is 15.3 Å². The molecule has 1 amide bonds. The number of rotatable bonds is 6. The Hall–Kier alpha value is -3.07. The number of hydrogen-bond donors (Lipinski definition) is 1. The lowest BCUT2D eigenvalue weighted by Gasteiger charge is -2.15. The van der Waals surface area contributed by atoms with Gasteiger partial charge in [0.05, 0.1) is 39.5 Å². The fourth-order valence-electron chi connectivity index (χ4n) is 3.04. The summed E-state index contributed by atoms with van der Waals surface area (Å²) in [5.74, 6) is 0.326. The molecule has 0 saturated heterocycles. The van der Waals surface area contributed by atoms with Crippen molar-refractivity contribution in [1.82, 2.24) is 14.5 Å². The van der Waals surface area contributed by atoms with Gasteiger partial charge in [0.15, 0.2) is 11.0 Å². The number of carbonyl (C=O) groups excluding carboxylic acids is 1. The number of aromatic nitrogens is 3. The maximum atomic E-state index is 13.3. The molecule has 32 heavy (non-hydrogen) atoms. The van der Waals surface area contributed by atoms with Crippen LogP contribution in [0.25, 0.3) is 16.6 Å². The van der Waals surface area contributed by atoms with Crippen LogP contribution in [-0.2, 0) is 4.79 Å². The highest BCUT2D eigenvalue weighted by Crippen LogP contribution is 2.28. The highest BCUT2D eigenvalue weighted by atomic mass is 35.5. The Morgan fingerprint density at radius 3 is 2.69 bits per heavy atom. The van der Waals surface area contributed by atoms with E-state index < -0.39 is 0 Å². The minimum absolute atomic E-state index is 0.0272. The third-order valence-corrected chi connectivity index (χ3v) is 5.90. The Morgan fingerprint density at radius 1 is 1.16 bits per heavy atom. The summed E-state index contributed by atoms with van der Waals surface area (Å²) < 4.78 is 6.89. The second kappa shape index (κ2) is 9.60. The number of hydrogen-bond acceptors (Lipinski definition) is 6. The molecular formula is C22H16Cl2N4O3S. The quantitative estimate of drug-likeness (QED) is 0.310. The average molecular weight is 487 g/mol. The van der Waals surface area contributed by atoms with E-state index in [1.165, 1.54) is 23.9 Å². The average Bonchev–Trinajstić information content (AvgIpc) is 2.80. The van der Waals surface area contributed by atoms with Crippen LogP contribution in [0.3, 0.4) is 0 Å². The second-order valence-corrected chi connectivity index (χ2v) is 8.33. The van der Waals surface area contributed by atoms with E-state index in [1.807, 2.05) is 6.07 Å². The molecule has 0 radical (unpaired) electrons. The zero-order valence-corrected chi connectivity index (χ0v) is 19.0. The number of methoxy groups -OCH3 is 1. The lowest BCUT2D eigenvalue weighted by Crippen LogP contribution is -2.23. The number of nitrogens with one attached hydrogen (secondary N) is 1. The largest absolute Gasteiger partial charge is 0.495 e. The van der Waals surface area contributed by atoms with Crippen molar-refractivity contribution in [2.45, 2.75) is 5.16 Å². The van der Waals surface area contributed by atoms with E-state index in [9.17, 15) is 9.59 Å². The highest BCUT2D eigenvalue weighted by Gasteiger charge is 2.18. The lowest BCUT2D eigenvalue weighted by atomic mass is 10.2. The number of anilines is 1. The van der Waals surface area contributed by atoms with Crippen LogP contribution >= 0.6 is 35.0 Å². The molecule has 0 aliphatic rings. The molecule has 4 rings (SSSR count). The van der Waals surface area contributed by atoms with Gasteiger partial charge in [0, 0.05) is 6.20 Å². The van der Waals surface area contributed by atoms with Gasteiger partial charge in [-0.2, -0.15) is 0 Å². The van der Waals surface area contributed by atoms with Gasteiger partial charge >= 0.3 is 0 Å². The van der Waals surface area contributed by atoms with Crippen molar-refractivity contribution in [3.05, 3.63) is 81.2 Å². The summed E-state index contributed by atoms with van der Waals surface area (Å²) in [5, 5.41) is 4.04. The maximum absolute atomic E-state index is 13.3. The van der Waals surface area contributed by atoms with E-state index in [-0.39, 0.29) is 28.1 Å². The first-order chi connectivity index (χ1) is 15.5. The minimum atomic E-state index is -0.360. The fraction of sp³-hybridized carbons (Fsp3) is 0.0909. The third-order valence-electron chi connectivity index (χ3n) is 4.47. The molecule has 162 valence electrons. The van der Waals surface area contributed by atoms with E-state index in [0.29, 0.717) is 32.5 Å². The van der Waals surface area contributed by atoms with Crippen molar-refractivity contribution in [2.24, 2.45) is 0 Å². The van der Waals surface area contributed by atoms with Crippen LogP contribution in [0, 0.1) is 0 Å². The van der Waals surface area contributed by atoms with E-state index >= 15 is 0 Å². The van der Waals surface area contributed by atoms with Gasteiger partial charge in [-0.1, -0.05) is 59.2 Å². The zero-order chi connectivity index (χ0) is 22.7. The normalized spacial score (nSPS) is 10.8. The molecule has 2 aromatic carbocycles. The topological polar surface area (TPSA) is 86.1 Å². The Morgan fingerprint density at radius 2 is 1.91 bits per heavy atom. The molecule has 2 aromatic heterocycles. The number of nitrogens with zero attached hydrogens (tertiary/aromatic N) is 3. The summed E-state index contributed by atoms with van der Waals surface area (Å²) in [4.78, 5) is 34.5. The fourth-order valence-corrected chi connectivity index (χ4v) is 4.27. The Bertz CT molecular complexity index is 1380. The summed E-state index contributed by atoms with van der Waals surface area (Å²) in [5.41, 5.74) is 0.808. The number of fused-ring (bicyclic) bond motifs is 1. The Labute approximate surface area is 197 Å². The van der Waals surface area contributed by atoms with Gasteiger partial charge < -0.3 is 10.1 Å². The molecule has 0 atom stereocenters. The maximum Gasteiger partial charge on any atom is 0.266 e. The highest BCUT2D eigenvalue weighted by molar-refractivity contribution is 7.99. The Balaban J connectivity index is 1.70. The van der Waals surface area contributed by atoms with Crippen LogP contribution in [0.1, 0.15) is 0 Å². The summed E-state index contributed by atoms with van der Waals surface area (Å²) in [6.07, 6.45) is 1.39. The molecule has 4 aromatic rings. The second-order valence-electron chi connectivity index (χ2n) is 6.54. The monoisotopic (exact) mass is 486 g/mol.